The zero-order valence-corrected chi connectivity index (χ0v) is 20.4. The van der Waals surface area contributed by atoms with Crippen LogP contribution in [0.25, 0.3) is 5.69 Å². The minimum atomic E-state index is -3.49. The van der Waals surface area contributed by atoms with Crippen molar-refractivity contribution in [1.82, 2.24) is 19.0 Å². The number of nitrogens with zero attached hydrogens (tertiary/aromatic N) is 4. The third-order valence-electron chi connectivity index (χ3n) is 6.33. The van der Waals surface area contributed by atoms with Gasteiger partial charge in [-0.15, -0.1) is 0 Å². The van der Waals surface area contributed by atoms with Crippen molar-refractivity contribution in [3.05, 3.63) is 76.6 Å². The molecule has 8 heteroatoms. The molecule has 174 valence electrons. The van der Waals surface area contributed by atoms with Gasteiger partial charge in [-0.1, -0.05) is 18.2 Å². The number of hydrogen-bond acceptors (Lipinski definition) is 4. The highest BCUT2D eigenvalue weighted by atomic mass is 32.2. The van der Waals surface area contributed by atoms with Gasteiger partial charge in [-0.05, 0) is 69.5 Å². The summed E-state index contributed by atoms with van der Waals surface area (Å²) in [5.74, 6) is -0.164. The zero-order valence-electron chi connectivity index (χ0n) is 19.6. The highest BCUT2D eigenvalue weighted by molar-refractivity contribution is 7.89. The van der Waals surface area contributed by atoms with Gasteiger partial charge in [-0.3, -0.25) is 4.79 Å². The maximum Gasteiger partial charge on any atom is 0.253 e. The fraction of sp³-hybridized carbons (Fsp3) is 0.360. The van der Waals surface area contributed by atoms with Crippen LogP contribution in [-0.2, 0) is 16.6 Å². The van der Waals surface area contributed by atoms with Crippen molar-refractivity contribution in [2.75, 3.05) is 20.1 Å². The molecule has 2 aromatic carbocycles. The van der Waals surface area contributed by atoms with Crippen molar-refractivity contribution < 1.29 is 13.2 Å². The van der Waals surface area contributed by atoms with Gasteiger partial charge in [0.15, 0.2) is 0 Å². The summed E-state index contributed by atoms with van der Waals surface area (Å²) in [7, 11) is -1.74. The van der Waals surface area contributed by atoms with Crippen molar-refractivity contribution >= 4 is 15.9 Å². The first kappa shape index (κ1) is 23.2. The lowest BCUT2D eigenvalue weighted by molar-refractivity contribution is 0.0784. The number of amides is 1. The molecule has 1 aromatic heterocycles. The van der Waals surface area contributed by atoms with Gasteiger partial charge < -0.3 is 4.90 Å². The molecule has 0 N–H and O–H groups in total. The Bertz CT molecular complexity index is 1270. The standard InChI is InChI=1S/C25H30N4O3S/c1-18-9-5-6-10-24(18)29-20(3)23(19(2)26-29)17-27(4)25(30)21-11-13-22(14-12-21)33(31,32)28-15-7-8-16-28/h5-6,9-14H,7-8,15-17H2,1-4H3. The molecule has 7 nitrogen and oxygen atoms in total. The molecule has 4 rings (SSSR count). The monoisotopic (exact) mass is 466 g/mol. The Labute approximate surface area is 195 Å². The second-order valence-corrected chi connectivity index (χ2v) is 10.6. The van der Waals surface area contributed by atoms with E-state index in [-0.39, 0.29) is 10.8 Å². The number of para-hydroxylation sites is 1. The van der Waals surface area contributed by atoms with Crippen LogP contribution in [0.2, 0.25) is 0 Å². The van der Waals surface area contributed by atoms with Gasteiger partial charge in [-0.25, -0.2) is 13.1 Å². The number of rotatable bonds is 6. The molecule has 0 spiro atoms. The molecule has 0 saturated carbocycles. The molecule has 0 bridgehead atoms. The molecule has 1 aliphatic rings. The van der Waals surface area contributed by atoms with E-state index in [0.29, 0.717) is 25.2 Å². The summed E-state index contributed by atoms with van der Waals surface area (Å²) >= 11 is 0. The number of aryl methyl sites for hydroxylation is 2. The van der Waals surface area contributed by atoms with Crippen molar-refractivity contribution in [1.29, 1.82) is 0 Å². The molecule has 1 saturated heterocycles. The van der Waals surface area contributed by atoms with Crippen LogP contribution in [0.5, 0.6) is 0 Å². The first-order valence-corrected chi connectivity index (χ1v) is 12.6. The van der Waals surface area contributed by atoms with Crippen LogP contribution < -0.4 is 0 Å². The van der Waals surface area contributed by atoms with Crippen LogP contribution in [0.4, 0.5) is 0 Å². The Morgan fingerprint density at radius 3 is 2.27 bits per heavy atom. The van der Waals surface area contributed by atoms with Crippen LogP contribution in [0.1, 0.15) is 45.7 Å². The summed E-state index contributed by atoms with van der Waals surface area (Å²) in [6.45, 7) is 7.54. The molecule has 2 heterocycles. The smallest absolute Gasteiger partial charge is 0.253 e. The van der Waals surface area contributed by atoms with E-state index < -0.39 is 10.0 Å². The van der Waals surface area contributed by atoms with Crippen molar-refractivity contribution in [2.45, 2.75) is 45.1 Å². The second kappa shape index (κ2) is 9.11. The first-order valence-electron chi connectivity index (χ1n) is 11.2. The Morgan fingerprint density at radius 1 is 1.00 bits per heavy atom. The topological polar surface area (TPSA) is 75.5 Å². The first-order chi connectivity index (χ1) is 15.7. The van der Waals surface area contributed by atoms with Gasteiger partial charge in [-0.2, -0.15) is 9.40 Å². The number of sulfonamides is 1. The molecular weight excluding hydrogens is 436 g/mol. The van der Waals surface area contributed by atoms with Gasteiger partial charge in [0.25, 0.3) is 5.91 Å². The summed E-state index contributed by atoms with van der Waals surface area (Å²) in [4.78, 5) is 14.9. The predicted molar refractivity (Wildman–Crippen MR) is 128 cm³/mol. The predicted octanol–water partition coefficient (Wildman–Crippen LogP) is 3.85. The molecule has 33 heavy (non-hydrogen) atoms. The fourth-order valence-electron chi connectivity index (χ4n) is 4.32. The van der Waals surface area contributed by atoms with Crippen molar-refractivity contribution in [3.63, 3.8) is 0 Å². The number of benzene rings is 2. The van der Waals surface area contributed by atoms with Gasteiger partial charge in [0, 0.05) is 43.5 Å². The molecule has 0 radical (unpaired) electrons. The van der Waals surface area contributed by atoms with E-state index in [1.807, 2.05) is 36.7 Å². The van der Waals surface area contributed by atoms with Crippen molar-refractivity contribution in [3.8, 4) is 5.69 Å². The van der Waals surface area contributed by atoms with Gasteiger partial charge >= 0.3 is 0 Å². The molecule has 3 aromatic rings. The lowest BCUT2D eigenvalue weighted by Gasteiger charge is -2.19. The molecule has 1 fully saturated rings. The van der Waals surface area contributed by atoms with Crippen LogP contribution in [0, 0.1) is 20.8 Å². The average molecular weight is 467 g/mol. The number of carbonyl (C=O) groups is 1. The zero-order chi connectivity index (χ0) is 23.8. The molecule has 0 atom stereocenters. The maximum absolute atomic E-state index is 13.1. The van der Waals surface area contributed by atoms with E-state index in [9.17, 15) is 13.2 Å². The quantitative estimate of drug-likeness (QED) is 0.553. The van der Waals surface area contributed by atoms with Crippen molar-refractivity contribution in [2.24, 2.45) is 0 Å². The van der Waals surface area contributed by atoms with Crippen LogP contribution in [-0.4, -0.2) is 53.4 Å². The van der Waals surface area contributed by atoms with Crippen LogP contribution >= 0.6 is 0 Å². The molecule has 0 aliphatic carbocycles. The lowest BCUT2D eigenvalue weighted by atomic mass is 10.1. The van der Waals surface area contributed by atoms with Crippen LogP contribution in [0.3, 0.4) is 0 Å². The Balaban J connectivity index is 1.52. The summed E-state index contributed by atoms with van der Waals surface area (Å²) < 4.78 is 28.9. The van der Waals surface area contributed by atoms with E-state index in [1.165, 1.54) is 16.4 Å². The van der Waals surface area contributed by atoms with E-state index in [0.717, 1.165) is 41.0 Å². The SMILES string of the molecule is Cc1ccccc1-n1nc(C)c(CN(C)C(=O)c2ccc(S(=O)(=O)N3CCCC3)cc2)c1C. The van der Waals surface area contributed by atoms with Crippen LogP contribution in [0.15, 0.2) is 53.4 Å². The molecule has 1 amide bonds. The fourth-order valence-corrected chi connectivity index (χ4v) is 5.83. The molecule has 1 aliphatic heterocycles. The average Bonchev–Trinajstić information content (AvgIpc) is 3.44. The number of aromatic nitrogens is 2. The second-order valence-electron chi connectivity index (χ2n) is 8.64. The Hall–Kier alpha value is -2.97. The minimum absolute atomic E-state index is 0.164. The molecular formula is C25H30N4O3S. The van der Waals surface area contributed by atoms with Gasteiger partial charge in [0.2, 0.25) is 10.0 Å². The van der Waals surface area contributed by atoms with E-state index in [4.69, 9.17) is 5.10 Å². The lowest BCUT2D eigenvalue weighted by Crippen LogP contribution is -2.28. The molecule has 0 unspecified atom stereocenters. The maximum atomic E-state index is 13.1. The highest BCUT2D eigenvalue weighted by Gasteiger charge is 2.27. The summed E-state index contributed by atoms with van der Waals surface area (Å²) in [5, 5.41) is 4.71. The van der Waals surface area contributed by atoms with Gasteiger partial charge in [0.05, 0.1) is 16.3 Å². The third kappa shape index (κ3) is 4.45. The number of carbonyl (C=O) groups excluding carboxylic acids is 1. The minimum Gasteiger partial charge on any atom is -0.337 e. The van der Waals surface area contributed by atoms with Gasteiger partial charge in [0.1, 0.15) is 0 Å². The Morgan fingerprint density at radius 2 is 1.64 bits per heavy atom. The Kier molecular flexibility index (Phi) is 6.41. The summed E-state index contributed by atoms with van der Waals surface area (Å²) in [6.07, 6.45) is 1.78. The summed E-state index contributed by atoms with van der Waals surface area (Å²) in [5.41, 5.74) is 5.48. The van der Waals surface area contributed by atoms with E-state index >= 15 is 0 Å². The number of hydrogen-bond donors (Lipinski definition) is 0. The summed E-state index contributed by atoms with van der Waals surface area (Å²) in [6, 6.07) is 14.3. The normalized spacial score (nSPS) is 14.5. The van der Waals surface area contributed by atoms with E-state index in [2.05, 4.69) is 13.0 Å². The highest BCUT2D eigenvalue weighted by Crippen LogP contribution is 2.23. The van der Waals surface area contributed by atoms with E-state index in [1.54, 1.807) is 24.1 Å². The third-order valence-corrected chi connectivity index (χ3v) is 8.24. The largest absolute Gasteiger partial charge is 0.337 e.